The molecule has 0 radical (unpaired) electrons. The number of fused-ring (bicyclic) bond motifs is 1. The average molecular weight is 274 g/mol. The van der Waals surface area contributed by atoms with Crippen LogP contribution in [0.15, 0.2) is 23.6 Å². The van der Waals surface area contributed by atoms with E-state index in [0.717, 1.165) is 34.2 Å². The van der Waals surface area contributed by atoms with Crippen molar-refractivity contribution >= 4 is 17.0 Å². The topological polar surface area (TPSA) is 34.2 Å². The summed E-state index contributed by atoms with van der Waals surface area (Å²) in [6, 6.07) is 6.25. The second-order valence-corrected chi connectivity index (χ2v) is 6.11. The van der Waals surface area contributed by atoms with Gasteiger partial charge in [-0.15, -0.1) is 11.3 Å². The molecular formula is C15H18N2OS. The number of hydrogen-bond acceptors (Lipinski definition) is 4. The number of ether oxygens (including phenoxy) is 1. The maximum Gasteiger partial charge on any atom is 0.142 e. The molecule has 0 saturated heterocycles. The molecule has 1 aliphatic heterocycles. The molecule has 0 saturated carbocycles. The first-order chi connectivity index (χ1) is 9.13. The van der Waals surface area contributed by atoms with Gasteiger partial charge in [-0.05, 0) is 31.0 Å². The lowest BCUT2D eigenvalue weighted by Crippen LogP contribution is -2.27. The molecule has 0 bridgehead atoms. The highest BCUT2D eigenvalue weighted by molar-refractivity contribution is 7.13. The van der Waals surface area contributed by atoms with Crippen molar-refractivity contribution in [3.8, 4) is 16.3 Å². The summed E-state index contributed by atoms with van der Waals surface area (Å²) in [5.74, 6) is 1.41. The van der Waals surface area contributed by atoms with Gasteiger partial charge in [0.05, 0.1) is 17.9 Å². The molecule has 1 aromatic carbocycles. The van der Waals surface area contributed by atoms with Crippen molar-refractivity contribution in [1.29, 1.82) is 0 Å². The summed E-state index contributed by atoms with van der Waals surface area (Å²) in [7, 11) is 0. The number of anilines is 1. The number of rotatable bonds is 2. The Labute approximate surface area is 117 Å². The highest BCUT2D eigenvalue weighted by Gasteiger charge is 2.16. The Kier molecular flexibility index (Phi) is 3.19. The molecule has 0 spiro atoms. The summed E-state index contributed by atoms with van der Waals surface area (Å²) in [6.07, 6.45) is 0.228. The highest BCUT2D eigenvalue weighted by Crippen LogP contribution is 2.35. The molecule has 0 aliphatic carbocycles. The molecule has 2 aromatic rings. The molecule has 0 fully saturated rings. The zero-order chi connectivity index (χ0) is 13.4. The number of benzene rings is 1. The summed E-state index contributed by atoms with van der Waals surface area (Å²) in [5.41, 5.74) is 3.38. The largest absolute Gasteiger partial charge is 0.487 e. The maximum atomic E-state index is 5.79. The summed E-state index contributed by atoms with van der Waals surface area (Å²) in [4.78, 5) is 4.69. The van der Waals surface area contributed by atoms with Crippen LogP contribution in [-0.4, -0.2) is 17.6 Å². The van der Waals surface area contributed by atoms with Gasteiger partial charge in [0.15, 0.2) is 0 Å². The van der Waals surface area contributed by atoms with Crippen molar-refractivity contribution in [1.82, 2.24) is 4.98 Å². The van der Waals surface area contributed by atoms with E-state index in [1.807, 2.05) is 6.07 Å². The molecule has 3 rings (SSSR count). The monoisotopic (exact) mass is 274 g/mol. The Balaban J connectivity index is 1.93. The first kappa shape index (κ1) is 12.5. The molecule has 100 valence electrons. The Morgan fingerprint density at radius 1 is 1.42 bits per heavy atom. The normalized spacial score (nSPS) is 17.8. The van der Waals surface area contributed by atoms with Gasteiger partial charge in [-0.3, -0.25) is 0 Å². The zero-order valence-electron chi connectivity index (χ0n) is 11.4. The summed E-state index contributed by atoms with van der Waals surface area (Å²) >= 11 is 1.70. The van der Waals surface area contributed by atoms with Crippen LogP contribution in [0.5, 0.6) is 5.75 Å². The minimum Gasteiger partial charge on any atom is -0.487 e. The van der Waals surface area contributed by atoms with Gasteiger partial charge in [0, 0.05) is 10.9 Å². The van der Waals surface area contributed by atoms with Gasteiger partial charge in [-0.1, -0.05) is 13.8 Å². The fourth-order valence-corrected chi connectivity index (χ4v) is 3.08. The summed E-state index contributed by atoms with van der Waals surface area (Å²) in [6.45, 7) is 7.26. The summed E-state index contributed by atoms with van der Waals surface area (Å²) in [5, 5.41) is 6.62. The molecule has 1 atom stereocenters. The quantitative estimate of drug-likeness (QED) is 0.894. The Hall–Kier alpha value is -1.55. The molecule has 0 amide bonds. The second kappa shape index (κ2) is 4.85. The van der Waals surface area contributed by atoms with Gasteiger partial charge >= 0.3 is 0 Å². The predicted octanol–water partition coefficient (Wildman–Crippen LogP) is 4.13. The van der Waals surface area contributed by atoms with Gasteiger partial charge in [-0.25, -0.2) is 4.98 Å². The van der Waals surface area contributed by atoms with Gasteiger partial charge in [0.1, 0.15) is 16.9 Å². The molecular weight excluding hydrogens is 256 g/mol. The van der Waals surface area contributed by atoms with Crippen LogP contribution in [0.25, 0.3) is 10.6 Å². The predicted molar refractivity (Wildman–Crippen MR) is 80.2 cm³/mol. The van der Waals surface area contributed by atoms with Crippen LogP contribution in [0.3, 0.4) is 0 Å². The van der Waals surface area contributed by atoms with E-state index < -0.39 is 0 Å². The van der Waals surface area contributed by atoms with Gasteiger partial charge in [0.2, 0.25) is 0 Å². The van der Waals surface area contributed by atoms with Crippen molar-refractivity contribution in [2.45, 2.75) is 32.8 Å². The molecule has 1 N–H and O–H groups in total. The smallest absolute Gasteiger partial charge is 0.142 e. The fourth-order valence-electron chi connectivity index (χ4n) is 2.10. The van der Waals surface area contributed by atoms with Crippen molar-refractivity contribution < 1.29 is 4.74 Å². The van der Waals surface area contributed by atoms with Crippen molar-refractivity contribution in [2.24, 2.45) is 0 Å². The van der Waals surface area contributed by atoms with E-state index >= 15 is 0 Å². The molecule has 1 aromatic heterocycles. The van der Waals surface area contributed by atoms with Crippen LogP contribution >= 0.6 is 11.3 Å². The van der Waals surface area contributed by atoms with E-state index in [2.05, 4.69) is 43.6 Å². The van der Waals surface area contributed by atoms with Crippen molar-refractivity contribution in [3.05, 3.63) is 29.3 Å². The van der Waals surface area contributed by atoms with Crippen LogP contribution < -0.4 is 10.1 Å². The van der Waals surface area contributed by atoms with Crippen molar-refractivity contribution in [3.63, 3.8) is 0 Å². The van der Waals surface area contributed by atoms with Crippen LogP contribution in [0, 0.1) is 0 Å². The average Bonchev–Trinajstić information content (AvgIpc) is 2.88. The fraction of sp³-hybridized carbons (Fsp3) is 0.400. The Bertz CT molecular complexity index is 592. The van der Waals surface area contributed by atoms with Crippen LogP contribution in [0.1, 0.15) is 32.4 Å². The third kappa shape index (κ3) is 2.45. The van der Waals surface area contributed by atoms with Crippen LogP contribution in [0.2, 0.25) is 0 Å². The third-order valence-electron chi connectivity index (χ3n) is 3.25. The van der Waals surface area contributed by atoms with Gasteiger partial charge < -0.3 is 10.1 Å². The molecule has 3 nitrogen and oxygen atoms in total. The van der Waals surface area contributed by atoms with E-state index in [-0.39, 0.29) is 6.10 Å². The highest BCUT2D eigenvalue weighted by atomic mass is 32.1. The first-order valence-electron chi connectivity index (χ1n) is 6.64. The maximum absolute atomic E-state index is 5.79. The van der Waals surface area contributed by atoms with Gasteiger partial charge in [0.25, 0.3) is 0 Å². The minimum absolute atomic E-state index is 0.228. The molecule has 1 unspecified atom stereocenters. The van der Waals surface area contributed by atoms with Crippen LogP contribution in [0.4, 0.5) is 5.69 Å². The first-order valence-corrected chi connectivity index (χ1v) is 7.52. The van der Waals surface area contributed by atoms with E-state index in [0.29, 0.717) is 5.92 Å². The van der Waals surface area contributed by atoms with E-state index in [1.54, 1.807) is 11.3 Å². The Morgan fingerprint density at radius 2 is 2.26 bits per heavy atom. The number of thiazole rings is 1. The van der Waals surface area contributed by atoms with E-state index in [9.17, 15) is 0 Å². The molecule has 1 aliphatic rings. The van der Waals surface area contributed by atoms with Crippen molar-refractivity contribution in [2.75, 3.05) is 11.9 Å². The molecule has 19 heavy (non-hydrogen) atoms. The minimum atomic E-state index is 0.228. The lowest BCUT2D eigenvalue weighted by atomic mass is 10.1. The number of nitrogens with zero attached hydrogens (tertiary/aromatic N) is 1. The van der Waals surface area contributed by atoms with Gasteiger partial charge in [-0.2, -0.15) is 0 Å². The molecule has 2 heterocycles. The van der Waals surface area contributed by atoms with Crippen LogP contribution in [-0.2, 0) is 0 Å². The van der Waals surface area contributed by atoms with E-state index in [4.69, 9.17) is 9.72 Å². The number of nitrogens with one attached hydrogen (secondary N) is 1. The lowest BCUT2D eigenvalue weighted by Gasteiger charge is -2.25. The summed E-state index contributed by atoms with van der Waals surface area (Å²) < 4.78 is 5.79. The second-order valence-electron chi connectivity index (χ2n) is 5.25. The molecule has 4 heteroatoms. The number of aromatic nitrogens is 1. The number of hydrogen-bond donors (Lipinski definition) is 1. The Morgan fingerprint density at radius 3 is 3.00 bits per heavy atom. The standard InChI is InChI=1S/C15H18N2OS/c1-9(2)13-8-19-15(17-13)11-4-5-14-12(6-11)16-7-10(3)18-14/h4-6,8-10,16H,7H2,1-3H3. The third-order valence-corrected chi connectivity index (χ3v) is 4.16. The van der Waals surface area contributed by atoms with E-state index in [1.165, 1.54) is 0 Å². The SMILES string of the molecule is CC1CNc2cc(-c3nc(C(C)C)cs3)ccc2O1. The lowest BCUT2D eigenvalue weighted by molar-refractivity contribution is 0.226. The zero-order valence-corrected chi connectivity index (χ0v) is 12.3.